The van der Waals surface area contributed by atoms with Gasteiger partial charge in [-0.25, -0.2) is 0 Å². The fourth-order valence-corrected chi connectivity index (χ4v) is 14.6. The molecule has 0 aromatic heterocycles. The van der Waals surface area contributed by atoms with E-state index in [0.717, 1.165) is 61.9 Å². The molecule has 2 aliphatic rings. The molecule has 0 N–H and O–H groups in total. The number of fused-ring (bicyclic) bond motifs is 17. The number of para-hydroxylation sites is 2. The lowest BCUT2D eigenvalue weighted by molar-refractivity contribution is 0.809. The van der Waals surface area contributed by atoms with Gasteiger partial charge in [0.15, 0.2) is 0 Å². The fourth-order valence-electron chi connectivity index (χ4n) is 14.6. The van der Waals surface area contributed by atoms with Crippen molar-refractivity contribution in [2.45, 2.75) is 12.3 Å². The molecule has 0 heterocycles. The maximum atomic E-state index is 3.91. The molecule has 2 heteroatoms. The normalized spacial score (nSPS) is 12.8. The summed E-state index contributed by atoms with van der Waals surface area (Å²) in [6, 6.07) is 115. The lowest BCUT2D eigenvalue weighted by atomic mass is 9.68. The average molecular weight is 1120 g/mol. The third-order valence-electron chi connectivity index (χ3n) is 18.3. The van der Waals surface area contributed by atoms with Crippen molar-refractivity contribution in [3.05, 3.63) is 368 Å². The van der Waals surface area contributed by atoms with E-state index in [-0.39, 0.29) is 0 Å². The van der Waals surface area contributed by atoms with Gasteiger partial charge >= 0.3 is 0 Å². The second-order valence-corrected chi connectivity index (χ2v) is 23.1. The molecule has 0 radical (unpaired) electrons. The van der Waals surface area contributed by atoms with Crippen molar-refractivity contribution in [2.24, 2.45) is 0 Å². The van der Waals surface area contributed by atoms with E-state index in [9.17, 15) is 0 Å². The highest BCUT2D eigenvalue weighted by Crippen LogP contribution is 2.68. The summed E-state index contributed by atoms with van der Waals surface area (Å²) in [4.78, 5) is 4.99. The van der Waals surface area contributed by atoms with Crippen molar-refractivity contribution >= 4 is 72.0 Å². The molecule has 0 amide bonds. The van der Waals surface area contributed by atoms with Gasteiger partial charge in [-0.15, -0.1) is 0 Å². The summed E-state index contributed by atoms with van der Waals surface area (Å²) >= 11 is 0. The van der Waals surface area contributed by atoms with E-state index < -0.39 is 5.41 Å². The molecule has 2 aliphatic carbocycles. The van der Waals surface area contributed by atoms with E-state index in [1.165, 1.54) is 93.5 Å². The van der Waals surface area contributed by atoms with Crippen LogP contribution in [0.2, 0.25) is 0 Å². The molecule has 1 spiro atoms. The van der Waals surface area contributed by atoms with Crippen molar-refractivity contribution < 1.29 is 0 Å². The van der Waals surface area contributed by atoms with Gasteiger partial charge in [-0.05, 0) is 178 Å². The molecule has 2 nitrogen and oxygen atoms in total. The predicted octanol–water partition coefficient (Wildman–Crippen LogP) is 23.6. The molecular formula is C86H60N2. The van der Waals surface area contributed by atoms with Gasteiger partial charge in [0.1, 0.15) is 0 Å². The second kappa shape index (κ2) is 21.6. The number of anilines is 6. The summed E-state index contributed by atoms with van der Waals surface area (Å²) in [5, 5.41) is 7.27. The van der Waals surface area contributed by atoms with Gasteiger partial charge in [-0.1, -0.05) is 274 Å². The standard InChI is InChI=1S/C86H60N2/c1-3-4-10-29-58(2)62-48-52-80(74(54-62)60-32-13-6-14-33-60)87(64-36-17-8-18-37-64)66-50-51-73-76(56-66)67-40-21-23-44-71(67)83-77-57-82(70-43-22-24-45-72(70)84(77)86(85(73)83)78-46-27-25-41-68(78)69-42-26-28-47-79(69)86)88(65-38-19-9-20-39-65)81-53-49-63(59-30-11-5-12-31-59)55-75(81)61-34-15-7-16-35-61/h3-57H,1H2,2H3/b10-4-,58-29+. The van der Waals surface area contributed by atoms with E-state index in [0.29, 0.717) is 0 Å². The monoisotopic (exact) mass is 1120 g/mol. The van der Waals surface area contributed by atoms with E-state index in [2.05, 4.69) is 345 Å². The molecule has 0 saturated carbocycles. The molecule has 0 atom stereocenters. The van der Waals surface area contributed by atoms with Crippen molar-refractivity contribution in [3.63, 3.8) is 0 Å². The number of rotatable bonds is 12. The van der Waals surface area contributed by atoms with Gasteiger partial charge in [0, 0.05) is 33.6 Å². The highest BCUT2D eigenvalue weighted by atomic mass is 15.2. The zero-order valence-corrected chi connectivity index (χ0v) is 48.9. The van der Waals surface area contributed by atoms with Crippen LogP contribution >= 0.6 is 0 Å². The van der Waals surface area contributed by atoms with Crippen LogP contribution in [0.1, 0.15) is 34.7 Å². The van der Waals surface area contributed by atoms with E-state index >= 15 is 0 Å². The first kappa shape index (κ1) is 52.3. The Morgan fingerprint density at radius 1 is 0.318 bits per heavy atom. The first-order valence-corrected chi connectivity index (χ1v) is 30.4. The largest absolute Gasteiger partial charge is 0.310 e. The van der Waals surface area contributed by atoms with Crippen LogP contribution in [0.4, 0.5) is 34.1 Å². The minimum Gasteiger partial charge on any atom is -0.310 e. The molecule has 0 saturated heterocycles. The molecule has 14 aromatic rings. The third-order valence-corrected chi connectivity index (χ3v) is 18.3. The Balaban J connectivity index is 1.01. The van der Waals surface area contributed by atoms with Crippen LogP contribution in [0.15, 0.2) is 340 Å². The van der Waals surface area contributed by atoms with Gasteiger partial charge in [0.2, 0.25) is 0 Å². The minimum atomic E-state index is -0.703. The molecule has 0 unspecified atom stereocenters. The van der Waals surface area contributed by atoms with Crippen LogP contribution in [-0.4, -0.2) is 0 Å². The Morgan fingerprint density at radius 2 is 0.818 bits per heavy atom. The highest BCUT2D eigenvalue weighted by molar-refractivity contribution is 6.23. The summed E-state index contributed by atoms with van der Waals surface area (Å²) < 4.78 is 0. The molecule has 14 aromatic carbocycles. The van der Waals surface area contributed by atoms with E-state index in [1.807, 2.05) is 12.2 Å². The van der Waals surface area contributed by atoms with Crippen molar-refractivity contribution in [3.8, 4) is 55.6 Å². The van der Waals surface area contributed by atoms with Crippen LogP contribution in [0.25, 0.3) is 93.5 Å². The first-order valence-electron chi connectivity index (χ1n) is 30.4. The van der Waals surface area contributed by atoms with E-state index in [1.54, 1.807) is 0 Å². The molecule has 0 bridgehead atoms. The van der Waals surface area contributed by atoms with Gasteiger partial charge in [-0.2, -0.15) is 0 Å². The molecule has 16 rings (SSSR count). The van der Waals surface area contributed by atoms with Gasteiger partial charge < -0.3 is 9.80 Å². The number of benzene rings is 14. The summed E-state index contributed by atoms with van der Waals surface area (Å²) in [5.41, 5.74) is 25.4. The van der Waals surface area contributed by atoms with Crippen LogP contribution in [-0.2, 0) is 5.41 Å². The van der Waals surface area contributed by atoms with Crippen LogP contribution in [0.5, 0.6) is 0 Å². The summed E-state index contributed by atoms with van der Waals surface area (Å²) in [6.45, 7) is 6.09. The first-order chi connectivity index (χ1) is 43.6. The van der Waals surface area contributed by atoms with Gasteiger partial charge in [-0.3, -0.25) is 0 Å². The Bertz CT molecular complexity index is 5050. The van der Waals surface area contributed by atoms with Crippen molar-refractivity contribution in [1.29, 1.82) is 0 Å². The number of nitrogens with zero attached hydrogens (tertiary/aromatic N) is 2. The maximum Gasteiger partial charge on any atom is 0.0737 e. The Morgan fingerprint density at radius 3 is 1.45 bits per heavy atom. The quantitative estimate of drug-likeness (QED) is 0.0889. The zero-order chi connectivity index (χ0) is 58.7. The average Bonchev–Trinajstić information content (AvgIpc) is 1.50. The fraction of sp³-hybridized carbons (Fsp3) is 0.0233. The van der Waals surface area contributed by atoms with Gasteiger partial charge in [0.05, 0.1) is 22.5 Å². The van der Waals surface area contributed by atoms with Crippen LogP contribution in [0, 0.1) is 0 Å². The lowest BCUT2D eigenvalue weighted by Gasteiger charge is -2.34. The number of allylic oxidation sites excluding steroid dienone is 5. The lowest BCUT2D eigenvalue weighted by Crippen LogP contribution is -2.27. The smallest absolute Gasteiger partial charge is 0.0737 e. The highest BCUT2D eigenvalue weighted by Gasteiger charge is 2.54. The Labute approximate surface area is 514 Å². The van der Waals surface area contributed by atoms with Crippen LogP contribution in [0.3, 0.4) is 0 Å². The molecule has 414 valence electrons. The Kier molecular flexibility index (Phi) is 12.8. The van der Waals surface area contributed by atoms with E-state index in [4.69, 9.17) is 0 Å². The minimum absolute atomic E-state index is 0.703. The number of hydrogen-bond donors (Lipinski definition) is 0. The third kappa shape index (κ3) is 8.32. The summed E-state index contributed by atoms with van der Waals surface area (Å²) in [5.74, 6) is 0. The second-order valence-electron chi connectivity index (χ2n) is 23.1. The van der Waals surface area contributed by atoms with Crippen molar-refractivity contribution in [1.82, 2.24) is 0 Å². The maximum absolute atomic E-state index is 3.91. The zero-order valence-electron chi connectivity index (χ0n) is 48.9. The predicted molar refractivity (Wildman–Crippen MR) is 374 cm³/mol. The SMILES string of the molecule is C=C/C=C\C=C(/C)c1ccc(N(c2ccccc2)c2ccc3c4c(c5ccccc5c3c2)-c2cc(N(c3ccccc3)c3ccc(-c5ccccc5)cc3-c3ccccc3)c3ccccc3c2C42c3ccccc3-c3ccccc32)c(-c2ccccc2)c1. The Hall–Kier alpha value is -11.3. The summed E-state index contributed by atoms with van der Waals surface area (Å²) in [6.07, 6.45) is 8.02. The molecule has 0 aliphatic heterocycles. The van der Waals surface area contributed by atoms with Crippen molar-refractivity contribution in [2.75, 3.05) is 9.80 Å². The number of hydrogen-bond acceptors (Lipinski definition) is 2. The molecule has 0 fully saturated rings. The molecular weight excluding hydrogens is 1060 g/mol. The topological polar surface area (TPSA) is 6.48 Å². The van der Waals surface area contributed by atoms with Crippen LogP contribution < -0.4 is 9.80 Å². The molecule has 88 heavy (non-hydrogen) atoms. The summed E-state index contributed by atoms with van der Waals surface area (Å²) in [7, 11) is 0. The van der Waals surface area contributed by atoms with Gasteiger partial charge in [0.25, 0.3) is 0 Å².